The average Bonchev–Trinajstić information content (AvgIpc) is 3.44. The van der Waals surface area contributed by atoms with Gasteiger partial charge in [-0.15, -0.1) is 11.3 Å². The van der Waals surface area contributed by atoms with Crippen molar-refractivity contribution in [3.8, 4) is 16.6 Å². The predicted molar refractivity (Wildman–Crippen MR) is 134 cm³/mol. The molecule has 1 saturated heterocycles. The lowest BCUT2D eigenvalue weighted by atomic mass is 10.0. The Hall–Kier alpha value is -3.13. The van der Waals surface area contributed by atoms with E-state index in [9.17, 15) is 32.0 Å². The number of nitrogens with one attached hydrogen (secondary N) is 1. The van der Waals surface area contributed by atoms with E-state index in [2.05, 4.69) is 20.4 Å². The Kier molecular flexibility index (Phi) is 7.74. The lowest BCUT2D eigenvalue weighted by molar-refractivity contribution is -0.137. The zero-order valence-electron chi connectivity index (χ0n) is 21.1. The molecule has 0 amide bonds. The number of sulfonamides is 1. The Morgan fingerprint density at radius 3 is 2.59 bits per heavy atom. The van der Waals surface area contributed by atoms with Gasteiger partial charge in [0, 0.05) is 43.8 Å². The average molecular weight is 588 g/mol. The minimum Gasteiger partial charge on any atom is -0.390 e. The molecule has 0 radical (unpaired) electrons. The highest BCUT2D eigenvalue weighted by Gasteiger charge is 2.39. The van der Waals surface area contributed by atoms with Gasteiger partial charge in [0.25, 0.3) is 0 Å². The third-order valence-corrected chi connectivity index (χ3v) is 8.95. The molecule has 210 valence electrons. The van der Waals surface area contributed by atoms with Crippen molar-refractivity contribution in [2.24, 2.45) is 7.05 Å². The maximum absolute atomic E-state index is 15.1. The number of thiophene rings is 1. The number of hydrogen-bond acceptors (Lipinski definition) is 9. The number of rotatable bonds is 7. The van der Waals surface area contributed by atoms with Crippen LogP contribution in [-0.4, -0.2) is 68.5 Å². The van der Waals surface area contributed by atoms with Crippen LogP contribution in [0, 0.1) is 11.3 Å². The van der Waals surface area contributed by atoms with Crippen molar-refractivity contribution in [2.75, 3.05) is 18.4 Å². The van der Waals surface area contributed by atoms with Gasteiger partial charge in [0.1, 0.15) is 22.7 Å². The zero-order valence-corrected chi connectivity index (χ0v) is 22.7. The molecule has 0 saturated carbocycles. The van der Waals surface area contributed by atoms with Crippen LogP contribution in [0.4, 0.5) is 23.5 Å². The van der Waals surface area contributed by atoms with Crippen LogP contribution >= 0.6 is 11.3 Å². The summed E-state index contributed by atoms with van der Waals surface area (Å²) in [6, 6.07) is 2.24. The second-order valence-corrected chi connectivity index (χ2v) is 12.8. The van der Waals surface area contributed by atoms with Gasteiger partial charge >= 0.3 is 6.18 Å². The van der Waals surface area contributed by atoms with E-state index < -0.39 is 51.8 Å². The minimum absolute atomic E-state index is 0.00763. The number of halogens is 4. The number of alkyl halides is 4. The third kappa shape index (κ3) is 6.38. The lowest BCUT2D eigenvalue weighted by Gasteiger charge is -2.34. The van der Waals surface area contributed by atoms with Gasteiger partial charge < -0.3 is 10.4 Å². The molecule has 1 aliphatic heterocycles. The number of piperidine rings is 1. The smallest absolute Gasteiger partial charge is 0.390 e. The van der Waals surface area contributed by atoms with Crippen molar-refractivity contribution in [1.82, 2.24) is 24.1 Å². The Morgan fingerprint density at radius 1 is 1.31 bits per heavy atom. The van der Waals surface area contributed by atoms with Crippen molar-refractivity contribution in [2.45, 2.75) is 55.6 Å². The van der Waals surface area contributed by atoms with Gasteiger partial charge in [0.15, 0.2) is 0 Å². The van der Waals surface area contributed by atoms with Crippen LogP contribution in [-0.2, 0) is 29.7 Å². The molecule has 16 heteroatoms. The molecule has 4 heterocycles. The van der Waals surface area contributed by atoms with Gasteiger partial charge in [-0.25, -0.2) is 22.8 Å². The predicted octanol–water partition coefficient (Wildman–Crippen LogP) is 3.36. The molecular formula is C23H25F4N7O3S2. The number of anilines is 1. The van der Waals surface area contributed by atoms with Crippen LogP contribution in [0.3, 0.4) is 0 Å². The molecule has 2 atom stereocenters. The molecule has 39 heavy (non-hydrogen) atoms. The van der Waals surface area contributed by atoms with E-state index in [-0.39, 0.29) is 40.7 Å². The maximum atomic E-state index is 15.1. The van der Waals surface area contributed by atoms with Crippen LogP contribution in [0.5, 0.6) is 0 Å². The Morgan fingerprint density at radius 2 is 2.03 bits per heavy atom. The monoisotopic (exact) mass is 587 g/mol. The normalized spacial score (nSPS) is 19.2. The highest BCUT2D eigenvalue weighted by Crippen LogP contribution is 2.40. The summed E-state index contributed by atoms with van der Waals surface area (Å²) >= 11 is 0.897. The van der Waals surface area contributed by atoms with Crippen LogP contribution < -0.4 is 5.32 Å². The molecule has 1 aliphatic rings. The first-order valence-corrected chi connectivity index (χ1v) is 13.9. The largest absolute Gasteiger partial charge is 0.420 e. The third-order valence-electron chi connectivity index (χ3n) is 5.99. The van der Waals surface area contributed by atoms with Gasteiger partial charge in [0.05, 0.1) is 34.0 Å². The molecule has 0 aromatic carbocycles. The van der Waals surface area contributed by atoms with E-state index in [1.807, 2.05) is 6.07 Å². The van der Waals surface area contributed by atoms with E-state index in [4.69, 9.17) is 0 Å². The fourth-order valence-electron chi connectivity index (χ4n) is 4.12. The molecule has 3 aromatic rings. The molecule has 4 rings (SSSR count). The van der Waals surface area contributed by atoms with Crippen molar-refractivity contribution >= 4 is 27.3 Å². The summed E-state index contributed by atoms with van der Waals surface area (Å²) in [7, 11) is -2.42. The summed E-state index contributed by atoms with van der Waals surface area (Å²) in [5, 5.41) is 26.2. The van der Waals surface area contributed by atoms with Crippen molar-refractivity contribution < 1.29 is 31.1 Å². The van der Waals surface area contributed by atoms with Crippen LogP contribution in [0.25, 0.3) is 10.6 Å². The van der Waals surface area contributed by atoms with E-state index in [0.717, 1.165) is 15.6 Å². The van der Waals surface area contributed by atoms with Crippen molar-refractivity contribution in [3.63, 3.8) is 0 Å². The standard InChI is InChI=1S/C23H25F4N7O3S2/c1-22(2,35)7-19-13(8-28)6-18(38-19)20-15(23(25,26)27)10-29-21(32-20)31-17-4-5-34(12-16(17)24)39(36,37)14-9-30-33(3)11-14/h6,9-11,16-17,35H,4-5,7,12H2,1-3H3,(H,29,31,32)/t16-,17+/m1/s1. The van der Waals surface area contributed by atoms with Gasteiger partial charge in [-0.2, -0.15) is 27.8 Å². The molecule has 10 nitrogen and oxygen atoms in total. The summed E-state index contributed by atoms with van der Waals surface area (Å²) in [4.78, 5) is 8.12. The van der Waals surface area contributed by atoms with E-state index in [1.54, 1.807) is 7.05 Å². The van der Waals surface area contributed by atoms with Gasteiger partial charge in [-0.05, 0) is 26.3 Å². The Bertz CT molecular complexity index is 1510. The molecule has 0 aliphatic carbocycles. The number of aliphatic hydroxyl groups is 1. The van der Waals surface area contributed by atoms with Crippen LogP contribution in [0.15, 0.2) is 29.6 Å². The fourth-order valence-corrected chi connectivity index (χ4v) is 6.90. The van der Waals surface area contributed by atoms with Crippen molar-refractivity contribution in [1.29, 1.82) is 5.26 Å². The topological polar surface area (TPSA) is 137 Å². The first-order chi connectivity index (χ1) is 18.1. The van der Waals surface area contributed by atoms with Gasteiger partial charge in [0.2, 0.25) is 16.0 Å². The number of aryl methyl sites for hydroxylation is 1. The SMILES string of the molecule is Cn1cc(S(=O)(=O)N2CC[C@H](Nc3ncc(C(F)(F)F)c(-c4cc(C#N)c(CC(C)(C)O)s4)n3)[C@H](F)C2)cn1. The Balaban J connectivity index is 1.59. The lowest BCUT2D eigenvalue weighted by Crippen LogP contribution is -2.50. The van der Waals surface area contributed by atoms with Crippen LogP contribution in [0.2, 0.25) is 0 Å². The molecule has 0 spiro atoms. The van der Waals surface area contributed by atoms with E-state index in [0.29, 0.717) is 11.1 Å². The first kappa shape index (κ1) is 28.9. The number of aromatic nitrogens is 4. The number of nitriles is 1. The van der Waals surface area contributed by atoms with Gasteiger partial charge in [-0.3, -0.25) is 4.68 Å². The summed E-state index contributed by atoms with van der Waals surface area (Å²) in [6.07, 6.45) is -3.41. The second-order valence-electron chi connectivity index (χ2n) is 9.77. The van der Waals surface area contributed by atoms with E-state index >= 15 is 4.39 Å². The van der Waals surface area contributed by atoms with E-state index in [1.165, 1.54) is 37.0 Å². The minimum atomic E-state index is -4.81. The molecule has 3 aromatic heterocycles. The highest BCUT2D eigenvalue weighted by molar-refractivity contribution is 7.89. The first-order valence-electron chi connectivity index (χ1n) is 11.7. The Labute approximate surface area is 226 Å². The quantitative estimate of drug-likeness (QED) is 0.402. The summed E-state index contributed by atoms with van der Waals surface area (Å²) in [5.74, 6) is -0.273. The second kappa shape index (κ2) is 10.5. The maximum Gasteiger partial charge on any atom is 0.420 e. The van der Waals surface area contributed by atoms with Crippen LogP contribution in [0.1, 0.15) is 36.3 Å². The molecular weight excluding hydrogens is 562 g/mol. The molecule has 0 bridgehead atoms. The molecule has 0 unspecified atom stereocenters. The van der Waals surface area contributed by atoms with Crippen molar-refractivity contribution in [3.05, 3.63) is 40.7 Å². The summed E-state index contributed by atoms with van der Waals surface area (Å²) in [6.45, 7) is 2.52. The molecule has 1 fully saturated rings. The fraction of sp³-hybridized carbons (Fsp3) is 0.478. The summed E-state index contributed by atoms with van der Waals surface area (Å²) < 4.78 is 84.5. The van der Waals surface area contributed by atoms with Gasteiger partial charge in [-0.1, -0.05) is 0 Å². The molecule has 2 N–H and O–H groups in total. The zero-order chi connectivity index (χ0) is 28.8. The number of hydrogen-bond donors (Lipinski definition) is 2. The summed E-state index contributed by atoms with van der Waals surface area (Å²) in [5.41, 5.74) is -2.71. The highest BCUT2D eigenvalue weighted by atomic mass is 32.2. The number of nitrogens with zero attached hydrogens (tertiary/aromatic N) is 6.